The normalized spacial score (nSPS) is 14.2. The van der Waals surface area contributed by atoms with E-state index in [2.05, 4.69) is 67.8 Å². The highest BCUT2D eigenvalue weighted by Crippen LogP contribution is 2.43. The summed E-state index contributed by atoms with van der Waals surface area (Å²) in [6.07, 6.45) is 75.1. The average Bonchev–Trinajstić information content (AvgIpc) is 3.35. The molecule has 428 valence electrons. The number of amides is 1. The lowest BCUT2D eigenvalue weighted by atomic mass is 10.0. The van der Waals surface area contributed by atoms with E-state index in [1.165, 1.54) is 218 Å². The van der Waals surface area contributed by atoms with Crippen LogP contribution in [0, 0.1) is 0 Å². The molecule has 0 aromatic rings. The van der Waals surface area contributed by atoms with Crippen molar-refractivity contribution < 1.29 is 32.9 Å². The lowest BCUT2D eigenvalue weighted by Crippen LogP contribution is -2.45. The highest BCUT2D eigenvalue weighted by Gasteiger charge is 2.27. The van der Waals surface area contributed by atoms with Gasteiger partial charge in [-0.15, -0.1) is 0 Å². The number of nitrogens with one attached hydrogen (secondary N) is 1. The second kappa shape index (κ2) is 55.0. The van der Waals surface area contributed by atoms with Crippen LogP contribution in [-0.2, 0) is 18.4 Å². The Labute approximate surface area is 453 Å². The minimum absolute atomic E-state index is 0.0564. The third-order valence-corrected chi connectivity index (χ3v) is 14.9. The summed E-state index contributed by atoms with van der Waals surface area (Å²) in [5.74, 6) is -0.185. The monoisotopic (exact) mass is 1050 g/mol. The SMILES string of the molecule is CCCCCCC/C=C\C/C=C\C/C=C\CCCCCCCCCCCCCCCCCCCCCCCCCCC(=O)NC(COP(=O)(O)OCC[N+](C)(C)C)C(O)/C=C/CC/C=C/CCCCCCCC. The molecule has 8 nitrogen and oxygen atoms in total. The van der Waals surface area contributed by atoms with Gasteiger partial charge in [-0.3, -0.25) is 13.8 Å². The predicted molar refractivity (Wildman–Crippen MR) is 318 cm³/mol. The number of hydrogen-bond donors (Lipinski definition) is 3. The van der Waals surface area contributed by atoms with Gasteiger partial charge in [-0.2, -0.15) is 0 Å². The molecule has 0 aliphatic heterocycles. The first-order valence-electron chi connectivity index (χ1n) is 31.2. The smallest absolute Gasteiger partial charge is 0.387 e. The van der Waals surface area contributed by atoms with Crippen LogP contribution in [0.3, 0.4) is 0 Å². The molecule has 73 heavy (non-hydrogen) atoms. The van der Waals surface area contributed by atoms with Crippen LogP contribution in [0.1, 0.15) is 290 Å². The van der Waals surface area contributed by atoms with Crippen molar-refractivity contribution in [3.63, 3.8) is 0 Å². The molecule has 0 radical (unpaired) electrons. The fraction of sp³-hybridized carbons (Fsp3) is 0.828. The summed E-state index contributed by atoms with van der Waals surface area (Å²) < 4.78 is 23.6. The first kappa shape index (κ1) is 71.2. The number of allylic oxidation sites excluding steroid dienone is 9. The molecule has 0 saturated carbocycles. The number of aliphatic hydroxyl groups is 1. The van der Waals surface area contributed by atoms with E-state index < -0.39 is 20.0 Å². The number of aliphatic hydroxyl groups excluding tert-OH is 1. The van der Waals surface area contributed by atoms with Crippen molar-refractivity contribution in [2.45, 2.75) is 302 Å². The van der Waals surface area contributed by atoms with Crippen LogP contribution in [0.15, 0.2) is 60.8 Å². The van der Waals surface area contributed by atoms with Gasteiger partial charge in [0.25, 0.3) is 0 Å². The Morgan fingerprint density at radius 2 is 0.795 bits per heavy atom. The number of carbonyl (C=O) groups is 1. The van der Waals surface area contributed by atoms with Crippen molar-refractivity contribution in [1.82, 2.24) is 5.32 Å². The Hall–Kier alpha value is -1.80. The molecule has 0 heterocycles. The standard InChI is InChI=1S/C64H121N2O6P/c1-6-8-10-12-14-16-18-20-21-22-23-24-25-26-27-28-29-30-31-32-33-34-35-36-37-38-39-40-41-42-43-44-45-46-48-50-52-54-56-58-64(68)65-62(61-72-73(69,70)71-60-59-66(3,4)5)63(67)57-55-53-51-49-47-19-17-15-13-11-9-7-2/h18,20,22-23,25-26,47,49,55,57,62-63,67H,6-17,19,21,24,27-46,48,50-54,56,58-61H2,1-5H3,(H-,65,68,69,70)/p+1/b20-18-,23-22-,26-25-,49-47+,57-55+. The molecule has 0 saturated heterocycles. The van der Waals surface area contributed by atoms with Gasteiger partial charge in [-0.25, -0.2) is 4.57 Å². The molecular formula is C64H122N2O6P+. The lowest BCUT2D eigenvalue weighted by Gasteiger charge is -2.25. The summed E-state index contributed by atoms with van der Waals surface area (Å²) in [4.78, 5) is 23.2. The molecule has 3 unspecified atom stereocenters. The largest absolute Gasteiger partial charge is 0.472 e. The highest BCUT2D eigenvalue weighted by molar-refractivity contribution is 7.47. The predicted octanol–water partition coefficient (Wildman–Crippen LogP) is 19.3. The van der Waals surface area contributed by atoms with Crippen LogP contribution >= 0.6 is 7.82 Å². The topological polar surface area (TPSA) is 105 Å². The Morgan fingerprint density at radius 1 is 0.466 bits per heavy atom. The summed E-state index contributed by atoms with van der Waals surface area (Å²) in [6.45, 7) is 4.78. The van der Waals surface area contributed by atoms with E-state index in [0.29, 0.717) is 17.4 Å². The van der Waals surface area contributed by atoms with Gasteiger partial charge in [0.15, 0.2) is 0 Å². The number of carbonyl (C=O) groups excluding carboxylic acids is 1. The third-order valence-electron chi connectivity index (χ3n) is 14.0. The van der Waals surface area contributed by atoms with Crippen molar-refractivity contribution in [2.24, 2.45) is 0 Å². The summed E-state index contributed by atoms with van der Waals surface area (Å²) in [5.41, 5.74) is 0. The first-order chi connectivity index (χ1) is 35.5. The van der Waals surface area contributed by atoms with Crippen molar-refractivity contribution >= 4 is 13.7 Å². The Bertz CT molecular complexity index is 1370. The van der Waals surface area contributed by atoms with E-state index in [1.807, 2.05) is 27.2 Å². The van der Waals surface area contributed by atoms with Gasteiger partial charge in [0.1, 0.15) is 13.2 Å². The average molecular weight is 1050 g/mol. The maximum Gasteiger partial charge on any atom is 0.472 e. The number of likely N-dealkylation sites (N-methyl/N-ethyl adjacent to an activating group) is 1. The molecule has 0 aliphatic rings. The van der Waals surface area contributed by atoms with Crippen molar-refractivity contribution in [3.05, 3.63) is 60.8 Å². The van der Waals surface area contributed by atoms with Gasteiger partial charge in [-0.05, 0) is 70.6 Å². The van der Waals surface area contributed by atoms with Crippen molar-refractivity contribution in [2.75, 3.05) is 40.9 Å². The number of phosphoric ester groups is 1. The maximum absolute atomic E-state index is 13.0. The molecule has 0 aliphatic carbocycles. The van der Waals surface area contributed by atoms with E-state index in [0.717, 1.165) is 51.4 Å². The minimum atomic E-state index is -4.35. The fourth-order valence-electron chi connectivity index (χ4n) is 9.07. The van der Waals surface area contributed by atoms with Crippen molar-refractivity contribution in [1.29, 1.82) is 0 Å². The number of nitrogens with zero attached hydrogens (tertiary/aromatic N) is 1. The minimum Gasteiger partial charge on any atom is -0.387 e. The number of phosphoric acid groups is 1. The number of unbranched alkanes of at least 4 members (excludes halogenated alkanes) is 36. The van der Waals surface area contributed by atoms with Crippen LogP contribution in [0.25, 0.3) is 0 Å². The van der Waals surface area contributed by atoms with Crippen LogP contribution in [0.5, 0.6) is 0 Å². The maximum atomic E-state index is 13.0. The van der Waals surface area contributed by atoms with E-state index in [9.17, 15) is 19.4 Å². The van der Waals surface area contributed by atoms with Gasteiger partial charge in [-0.1, -0.05) is 274 Å². The van der Waals surface area contributed by atoms with E-state index in [1.54, 1.807) is 6.08 Å². The molecule has 0 bridgehead atoms. The second-order valence-electron chi connectivity index (χ2n) is 22.4. The zero-order valence-electron chi connectivity index (χ0n) is 48.9. The Balaban J connectivity index is 3.88. The zero-order valence-corrected chi connectivity index (χ0v) is 49.8. The van der Waals surface area contributed by atoms with E-state index in [4.69, 9.17) is 9.05 Å². The molecule has 1 amide bonds. The third kappa shape index (κ3) is 57.7. The van der Waals surface area contributed by atoms with Gasteiger partial charge in [0, 0.05) is 6.42 Å². The molecule has 0 fully saturated rings. The molecule has 0 aromatic heterocycles. The molecule has 0 aromatic carbocycles. The summed E-state index contributed by atoms with van der Waals surface area (Å²) >= 11 is 0. The molecule has 0 rings (SSSR count). The van der Waals surface area contributed by atoms with E-state index >= 15 is 0 Å². The second-order valence-corrected chi connectivity index (χ2v) is 23.9. The summed E-state index contributed by atoms with van der Waals surface area (Å²) in [5, 5.41) is 13.9. The van der Waals surface area contributed by atoms with Crippen molar-refractivity contribution in [3.8, 4) is 0 Å². The molecular weight excluding hydrogens is 924 g/mol. The first-order valence-corrected chi connectivity index (χ1v) is 32.7. The number of rotatable bonds is 57. The summed E-state index contributed by atoms with van der Waals surface area (Å²) in [6, 6.07) is -0.862. The van der Waals surface area contributed by atoms with Gasteiger partial charge in [0.2, 0.25) is 5.91 Å². The number of hydrogen-bond acceptors (Lipinski definition) is 5. The van der Waals surface area contributed by atoms with Crippen LogP contribution in [-0.4, -0.2) is 73.4 Å². The molecule has 0 spiro atoms. The Morgan fingerprint density at radius 3 is 1.19 bits per heavy atom. The summed E-state index contributed by atoms with van der Waals surface area (Å²) in [7, 11) is 1.56. The van der Waals surface area contributed by atoms with Crippen LogP contribution < -0.4 is 5.32 Å². The fourth-order valence-corrected chi connectivity index (χ4v) is 9.80. The molecule has 9 heteroatoms. The van der Waals surface area contributed by atoms with E-state index in [-0.39, 0.29) is 19.1 Å². The highest BCUT2D eigenvalue weighted by atomic mass is 31.2. The quantitative estimate of drug-likeness (QED) is 0.0243. The molecule has 3 N–H and O–H groups in total. The number of quaternary nitrogens is 1. The van der Waals surface area contributed by atoms with Gasteiger partial charge in [0.05, 0.1) is 39.9 Å². The Kier molecular flexibility index (Phi) is 53.6. The van der Waals surface area contributed by atoms with Crippen LogP contribution in [0.2, 0.25) is 0 Å². The van der Waals surface area contributed by atoms with Crippen LogP contribution in [0.4, 0.5) is 0 Å². The molecule has 3 atom stereocenters. The zero-order chi connectivity index (χ0) is 53.5. The van der Waals surface area contributed by atoms with Gasteiger partial charge >= 0.3 is 7.82 Å². The lowest BCUT2D eigenvalue weighted by molar-refractivity contribution is -0.870. The van der Waals surface area contributed by atoms with Gasteiger partial charge < -0.3 is 19.8 Å².